The molecule has 0 bridgehead atoms. The molecule has 1 N–H and O–H groups in total. The third-order valence-electron chi connectivity index (χ3n) is 3.49. The van der Waals surface area contributed by atoms with Gasteiger partial charge < -0.3 is 9.84 Å². The molecule has 4 nitrogen and oxygen atoms in total. The first kappa shape index (κ1) is 14.9. The van der Waals surface area contributed by atoms with Gasteiger partial charge >= 0.3 is 0 Å². The molecule has 0 spiro atoms. The highest BCUT2D eigenvalue weighted by atomic mass is 79.9. The molecular weight excluding hydrogens is 308 g/mol. The van der Waals surface area contributed by atoms with Gasteiger partial charge in [-0.25, -0.2) is 0 Å². The van der Waals surface area contributed by atoms with E-state index in [1.54, 1.807) is 6.20 Å². The molecule has 2 heterocycles. The van der Waals surface area contributed by atoms with Gasteiger partial charge in [0.2, 0.25) is 0 Å². The van der Waals surface area contributed by atoms with Crippen LogP contribution in [-0.4, -0.2) is 52.9 Å². The summed E-state index contributed by atoms with van der Waals surface area (Å²) in [5, 5.41) is 10.3. The molecule has 1 fully saturated rings. The zero-order valence-electron chi connectivity index (χ0n) is 11.4. The third-order valence-corrected chi connectivity index (χ3v) is 3.96. The first-order valence-corrected chi connectivity index (χ1v) is 7.49. The maximum absolute atomic E-state index is 10.3. The van der Waals surface area contributed by atoms with Gasteiger partial charge in [0.15, 0.2) is 0 Å². The molecule has 2 atom stereocenters. The zero-order chi connectivity index (χ0) is 13.8. The maximum atomic E-state index is 10.3. The maximum Gasteiger partial charge on any atom is 0.0964 e. The van der Waals surface area contributed by atoms with E-state index in [2.05, 4.69) is 39.7 Å². The van der Waals surface area contributed by atoms with Crippen LogP contribution in [0, 0.1) is 0 Å². The van der Waals surface area contributed by atoms with Crippen LogP contribution in [0.4, 0.5) is 0 Å². The van der Waals surface area contributed by atoms with E-state index >= 15 is 0 Å². The Kier molecular flexibility index (Phi) is 5.33. The summed E-state index contributed by atoms with van der Waals surface area (Å²) in [6, 6.07) is 4.36. The molecule has 0 aromatic carbocycles. The Morgan fingerprint density at radius 3 is 2.95 bits per heavy atom. The van der Waals surface area contributed by atoms with Crippen LogP contribution in [0.25, 0.3) is 0 Å². The van der Waals surface area contributed by atoms with E-state index in [1.165, 1.54) is 0 Å². The number of aliphatic hydroxyl groups excluding tert-OH is 1. The SMILES string of the molecule is CC(C)N1CCOC(C(O)Cc2ccc(Br)cn2)C1. The first-order valence-electron chi connectivity index (χ1n) is 6.70. The molecule has 0 saturated carbocycles. The van der Waals surface area contributed by atoms with E-state index in [-0.39, 0.29) is 6.10 Å². The van der Waals surface area contributed by atoms with Crippen molar-refractivity contribution < 1.29 is 9.84 Å². The predicted octanol–water partition coefficient (Wildman–Crippen LogP) is 1.86. The van der Waals surface area contributed by atoms with E-state index in [0.29, 0.717) is 19.1 Å². The lowest BCUT2D eigenvalue weighted by atomic mass is 10.1. The Hall–Kier alpha value is -0.490. The van der Waals surface area contributed by atoms with Gasteiger partial charge in [-0.15, -0.1) is 0 Å². The topological polar surface area (TPSA) is 45.6 Å². The Bertz CT molecular complexity index is 397. The summed E-state index contributed by atoms with van der Waals surface area (Å²) in [5.41, 5.74) is 0.890. The second kappa shape index (κ2) is 6.79. The Labute approximate surface area is 122 Å². The van der Waals surface area contributed by atoms with E-state index in [9.17, 15) is 5.11 Å². The van der Waals surface area contributed by atoms with Crippen molar-refractivity contribution in [3.8, 4) is 0 Å². The quantitative estimate of drug-likeness (QED) is 0.916. The largest absolute Gasteiger partial charge is 0.390 e. The summed E-state index contributed by atoms with van der Waals surface area (Å²) in [6.45, 7) is 6.76. The van der Waals surface area contributed by atoms with Crippen LogP contribution in [0.15, 0.2) is 22.8 Å². The summed E-state index contributed by atoms with van der Waals surface area (Å²) in [4.78, 5) is 6.63. The van der Waals surface area contributed by atoms with Crippen molar-refractivity contribution in [2.75, 3.05) is 19.7 Å². The number of morpholine rings is 1. The van der Waals surface area contributed by atoms with Crippen molar-refractivity contribution in [3.63, 3.8) is 0 Å². The summed E-state index contributed by atoms with van der Waals surface area (Å²) >= 11 is 3.36. The van der Waals surface area contributed by atoms with Crippen LogP contribution in [-0.2, 0) is 11.2 Å². The van der Waals surface area contributed by atoms with Gasteiger partial charge in [-0.3, -0.25) is 9.88 Å². The molecule has 1 aromatic heterocycles. The minimum Gasteiger partial charge on any atom is -0.390 e. The van der Waals surface area contributed by atoms with Gasteiger partial charge in [-0.2, -0.15) is 0 Å². The molecule has 0 radical (unpaired) electrons. The van der Waals surface area contributed by atoms with Crippen LogP contribution in [0.1, 0.15) is 19.5 Å². The lowest BCUT2D eigenvalue weighted by Crippen LogP contribution is -2.50. The average Bonchev–Trinajstić information content (AvgIpc) is 2.41. The molecule has 19 heavy (non-hydrogen) atoms. The Morgan fingerprint density at radius 2 is 2.32 bits per heavy atom. The molecule has 1 aliphatic heterocycles. The molecule has 106 valence electrons. The second-order valence-corrected chi connectivity index (χ2v) is 6.15. The fourth-order valence-corrected chi connectivity index (χ4v) is 2.51. The number of ether oxygens (including phenoxy) is 1. The van der Waals surface area contributed by atoms with E-state index in [1.807, 2.05) is 12.1 Å². The molecule has 1 aromatic rings. The summed E-state index contributed by atoms with van der Waals surface area (Å²) in [5.74, 6) is 0. The number of halogens is 1. The lowest BCUT2D eigenvalue weighted by molar-refractivity contribution is -0.0942. The summed E-state index contributed by atoms with van der Waals surface area (Å²) < 4.78 is 6.64. The number of rotatable bonds is 4. The third kappa shape index (κ3) is 4.24. The molecule has 0 amide bonds. The lowest BCUT2D eigenvalue weighted by Gasteiger charge is -2.37. The number of nitrogens with zero attached hydrogens (tertiary/aromatic N) is 2. The highest BCUT2D eigenvalue weighted by Gasteiger charge is 2.28. The van der Waals surface area contributed by atoms with Crippen LogP contribution in [0.5, 0.6) is 0 Å². The normalized spacial score (nSPS) is 22.7. The molecule has 2 unspecified atom stereocenters. The zero-order valence-corrected chi connectivity index (χ0v) is 13.0. The average molecular weight is 329 g/mol. The number of hydrogen-bond donors (Lipinski definition) is 1. The Balaban J connectivity index is 1.92. The van der Waals surface area contributed by atoms with Crippen molar-refractivity contribution in [2.24, 2.45) is 0 Å². The standard InChI is InChI=1S/C14H21BrN2O2/c1-10(2)17-5-6-19-14(9-17)13(18)7-12-4-3-11(15)8-16-12/h3-4,8,10,13-14,18H,5-7,9H2,1-2H3. The van der Waals surface area contributed by atoms with Crippen molar-refractivity contribution in [1.82, 2.24) is 9.88 Å². The van der Waals surface area contributed by atoms with Crippen molar-refractivity contribution in [2.45, 2.75) is 38.5 Å². The highest BCUT2D eigenvalue weighted by Crippen LogP contribution is 2.15. The van der Waals surface area contributed by atoms with Crippen LogP contribution >= 0.6 is 15.9 Å². The van der Waals surface area contributed by atoms with Crippen molar-refractivity contribution in [3.05, 3.63) is 28.5 Å². The van der Waals surface area contributed by atoms with Gasteiger partial charge in [-0.1, -0.05) is 0 Å². The van der Waals surface area contributed by atoms with Gasteiger partial charge in [0.1, 0.15) is 0 Å². The van der Waals surface area contributed by atoms with Gasteiger partial charge in [0.25, 0.3) is 0 Å². The van der Waals surface area contributed by atoms with E-state index < -0.39 is 6.10 Å². The molecular formula is C14H21BrN2O2. The van der Waals surface area contributed by atoms with E-state index in [0.717, 1.165) is 23.3 Å². The van der Waals surface area contributed by atoms with Crippen LogP contribution in [0.2, 0.25) is 0 Å². The van der Waals surface area contributed by atoms with Crippen LogP contribution in [0.3, 0.4) is 0 Å². The number of aliphatic hydroxyl groups is 1. The van der Waals surface area contributed by atoms with Gasteiger partial charge in [-0.05, 0) is 41.9 Å². The monoisotopic (exact) mass is 328 g/mol. The van der Waals surface area contributed by atoms with E-state index in [4.69, 9.17) is 4.74 Å². The first-order chi connectivity index (χ1) is 9.06. The summed E-state index contributed by atoms with van der Waals surface area (Å²) in [7, 11) is 0. The van der Waals surface area contributed by atoms with Crippen molar-refractivity contribution in [1.29, 1.82) is 0 Å². The predicted molar refractivity (Wildman–Crippen MR) is 78.1 cm³/mol. The fourth-order valence-electron chi connectivity index (χ4n) is 2.27. The van der Waals surface area contributed by atoms with Gasteiger partial charge in [0, 0.05) is 41.9 Å². The summed E-state index contributed by atoms with van der Waals surface area (Å²) in [6.07, 6.45) is 1.66. The number of hydrogen-bond acceptors (Lipinski definition) is 4. The van der Waals surface area contributed by atoms with Crippen molar-refractivity contribution >= 4 is 15.9 Å². The highest BCUT2D eigenvalue weighted by molar-refractivity contribution is 9.10. The number of pyridine rings is 1. The molecule has 2 rings (SSSR count). The minimum absolute atomic E-state index is 0.124. The molecule has 0 aliphatic carbocycles. The molecule has 5 heteroatoms. The molecule has 1 aliphatic rings. The van der Waals surface area contributed by atoms with Crippen LogP contribution < -0.4 is 0 Å². The minimum atomic E-state index is -0.504. The smallest absolute Gasteiger partial charge is 0.0964 e. The second-order valence-electron chi connectivity index (χ2n) is 5.24. The van der Waals surface area contributed by atoms with Gasteiger partial charge in [0.05, 0.1) is 18.8 Å². The Morgan fingerprint density at radius 1 is 1.53 bits per heavy atom. The fraction of sp³-hybridized carbons (Fsp3) is 0.643. The molecule has 1 saturated heterocycles. The number of aromatic nitrogens is 1.